The minimum atomic E-state index is -0.520. The summed E-state index contributed by atoms with van der Waals surface area (Å²) in [5.41, 5.74) is 0.891. The van der Waals surface area contributed by atoms with E-state index in [-0.39, 0.29) is 5.56 Å². The molecule has 6 nitrogen and oxygen atoms in total. The first-order chi connectivity index (χ1) is 11.0. The van der Waals surface area contributed by atoms with E-state index in [0.29, 0.717) is 15.7 Å². The predicted octanol–water partition coefficient (Wildman–Crippen LogP) is 2.73. The van der Waals surface area contributed by atoms with E-state index in [2.05, 4.69) is 10.3 Å². The number of rotatable bonds is 3. The number of carbonyl (C=O) groups excluding carboxylic acids is 1. The molecule has 8 heteroatoms. The fourth-order valence-corrected chi connectivity index (χ4v) is 3.02. The Morgan fingerprint density at radius 3 is 2.91 bits per heavy atom. The van der Waals surface area contributed by atoms with Crippen LogP contribution in [-0.4, -0.2) is 29.4 Å². The van der Waals surface area contributed by atoms with Gasteiger partial charge < -0.3 is 10.2 Å². The number of hydrogen-bond donors (Lipinski definition) is 1. The van der Waals surface area contributed by atoms with Crippen LogP contribution in [0.2, 0.25) is 5.02 Å². The molecule has 0 saturated carbocycles. The maximum atomic E-state index is 12.5. The summed E-state index contributed by atoms with van der Waals surface area (Å²) in [6.45, 7) is 0. The molecule has 2 aromatic heterocycles. The van der Waals surface area contributed by atoms with Gasteiger partial charge in [-0.2, -0.15) is 0 Å². The van der Waals surface area contributed by atoms with Gasteiger partial charge in [0.2, 0.25) is 0 Å². The third-order valence-corrected chi connectivity index (χ3v) is 4.28. The van der Waals surface area contributed by atoms with Crippen molar-refractivity contribution in [3.8, 4) is 0 Å². The van der Waals surface area contributed by atoms with Crippen LogP contribution in [0.25, 0.3) is 4.96 Å². The van der Waals surface area contributed by atoms with Crippen molar-refractivity contribution in [2.75, 3.05) is 24.3 Å². The van der Waals surface area contributed by atoms with Crippen LogP contribution in [0.3, 0.4) is 0 Å². The van der Waals surface area contributed by atoms with E-state index in [1.54, 1.807) is 29.8 Å². The van der Waals surface area contributed by atoms with Crippen molar-refractivity contribution in [2.24, 2.45) is 0 Å². The van der Waals surface area contributed by atoms with Crippen molar-refractivity contribution in [1.29, 1.82) is 0 Å². The summed E-state index contributed by atoms with van der Waals surface area (Å²) < 4.78 is 1.35. The molecule has 118 valence electrons. The lowest BCUT2D eigenvalue weighted by molar-refractivity contribution is 0.102. The minimum Gasteiger partial charge on any atom is -0.376 e. The van der Waals surface area contributed by atoms with Crippen LogP contribution < -0.4 is 15.8 Å². The molecule has 0 atom stereocenters. The summed E-state index contributed by atoms with van der Waals surface area (Å²) in [6.07, 6.45) is 2.89. The van der Waals surface area contributed by atoms with Crippen molar-refractivity contribution in [1.82, 2.24) is 9.38 Å². The van der Waals surface area contributed by atoms with Crippen LogP contribution in [0, 0.1) is 0 Å². The molecule has 0 bridgehead atoms. The molecular weight excluding hydrogens is 336 g/mol. The van der Waals surface area contributed by atoms with E-state index in [4.69, 9.17) is 11.6 Å². The third-order valence-electron chi connectivity index (χ3n) is 3.28. The normalized spacial score (nSPS) is 10.7. The quantitative estimate of drug-likeness (QED) is 0.790. The number of anilines is 2. The van der Waals surface area contributed by atoms with Gasteiger partial charge in [0.25, 0.3) is 11.5 Å². The highest BCUT2D eigenvalue weighted by atomic mass is 35.5. The van der Waals surface area contributed by atoms with Gasteiger partial charge in [0.15, 0.2) is 4.96 Å². The third kappa shape index (κ3) is 2.93. The van der Waals surface area contributed by atoms with Crippen LogP contribution in [-0.2, 0) is 0 Å². The second-order valence-corrected chi connectivity index (χ2v) is 6.35. The molecule has 3 rings (SSSR count). The van der Waals surface area contributed by atoms with Gasteiger partial charge in [-0.15, -0.1) is 11.3 Å². The van der Waals surface area contributed by atoms with Gasteiger partial charge in [0.1, 0.15) is 5.56 Å². The number of nitrogens with zero attached hydrogens (tertiary/aromatic N) is 3. The zero-order valence-corrected chi connectivity index (χ0v) is 14.0. The highest BCUT2D eigenvalue weighted by Gasteiger charge is 2.16. The van der Waals surface area contributed by atoms with Crippen molar-refractivity contribution >= 4 is 45.2 Å². The molecule has 0 aliphatic heterocycles. The largest absolute Gasteiger partial charge is 0.376 e. The van der Waals surface area contributed by atoms with E-state index in [1.165, 1.54) is 21.9 Å². The molecule has 1 N–H and O–H groups in total. The van der Waals surface area contributed by atoms with E-state index in [9.17, 15) is 9.59 Å². The topological polar surface area (TPSA) is 66.7 Å². The van der Waals surface area contributed by atoms with Crippen molar-refractivity contribution in [3.05, 3.63) is 56.9 Å². The number of amides is 1. The van der Waals surface area contributed by atoms with Crippen molar-refractivity contribution < 1.29 is 4.79 Å². The Morgan fingerprint density at radius 2 is 2.17 bits per heavy atom. The van der Waals surface area contributed by atoms with Gasteiger partial charge in [-0.1, -0.05) is 11.6 Å². The molecule has 2 heterocycles. The SMILES string of the molecule is CN(C)c1ccc(Cl)cc1NC(=O)c1cnc2sccn2c1=O. The molecule has 0 fully saturated rings. The van der Waals surface area contributed by atoms with Crippen LogP contribution in [0.15, 0.2) is 40.8 Å². The Hall–Kier alpha value is -2.38. The lowest BCUT2D eigenvalue weighted by Crippen LogP contribution is -2.26. The minimum absolute atomic E-state index is 0.0226. The zero-order chi connectivity index (χ0) is 16.6. The Morgan fingerprint density at radius 1 is 1.39 bits per heavy atom. The number of halogens is 1. The maximum absolute atomic E-state index is 12.5. The summed E-state index contributed by atoms with van der Waals surface area (Å²) in [4.78, 5) is 31.3. The lowest BCUT2D eigenvalue weighted by atomic mass is 10.2. The summed E-state index contributed by atoms with van der Waals surface area (Å²) in [6, 6.07) is 5.18. The fraction of sp³-hybridized carbons (Fsp3) is 0.133. The van der Waals surface area contributed by atoms with Gasteiger partial charge in [-0.05, 0) is 18.2 Å². The monoisotopic (exact) mass is 348 g/mol. The first-order valence-corrected chi connectivity index (χ1v) is 7.96. The highest BCUT2D eigenvalue weighted by molar-refractivity contribution is 7.15. The zero-order valence-electron chi connectivity index (χ0n) is 12.4. The first-order valence-electron chi connectivity index (χ1n) is 6.70. The molecular formula is C15H13ClN4O2S. The first kappa shape index (κ1) is 15.5. The molecule has 1 amide bonds. The molecule has 3 aromatic rings. The number of aromatic nitrogens is 2. The van der Waals surface area contributed by atoms with Crippen LogP contribution in [0.1, 0.15) is 10.4 Å². The standard InChI is InChI=1S/C15H13ClN4O2S/c1-19(2)12-4-3-9(16)7-11(12)18-13(21)10-8-17-15-20(14(10)22)5-6-23-15/h3-8H,1-2H3,(H,18,21). The number of fused-ring (bicyclic) bond motifs is 1. The predicted molar refractivity (Wildman–Crippen MR) is 93.1 cm³/mol. The Bertz CT molecular complexity index is 948. The molecule has 0 aliphatic rings. The van der Waals surface area contributed by atoms with E-state index < -0.39 is 11.5 Å². The number of benzene rings is 1. The fourth-order valence-electron chi connectivity index (χ4n) is 2.17. The number of nitrogens with one attached hydrogen (secondary N) is 1. The van der Waals surface area contributed by atoms with Crippen LogP contribution in [0.4, 0.5) is 11.4 Å². The van der Waals surface area contributed by atoms with E-state index >= 15 is 0 Å². The molecule has 1 aromatic carbocycles. The van der Waals surface area contributed by atoms with E-state index in [0.717, 1.165) is 5.69 Å². The Balaban J connectivity index is 1.99. The molecule has 0 radical (unpaired) electrons. The number of hydrogen-bond acceptors (Lipinski definition) is 5. The van der Waals surface area contributed by atoms with Crippen LogP contribution in [0.5, 0.6) is 0 Å². The average molecular weight is 349 g/mol. The van der Waals surface area contributed by atoms with Gasteiger partial charge >= 0.3 is 0 Å². The van der Waals surface area contributed by atoms with Crippen molar-refractivity contribution in [3.63, 3.8) is 0 Å². The average Bonchev–Trinajstić information content (AvgIpc) is 2.96. The second-order valence-electron chi connectivity index (χ2n) is 5.04. The van der Waals surface area contributed by atoms with Gasteiger partial charge in [0.05, 0.1) is 11.4 Å². The second kappa shape index (κ2) is 6.02. The number of thiazole rings is 1. The summed E-state index contributed by atoms with van der Waals surface area (Å²) in [7, 11) is 3.71. The van der Waals surface area contributed by atoms with E-state index in [1.807, 2.05) is 19.0 Å². The Kier molecular flexibility index (Phi) is 4.06. The van der Waals surface area contributed by atoms with Gasteiger partial charge in [-0.3, -0.25) is 14.0 Å². The molecule has 0 saturated heterocycles. The summed E-state index contributed by atoms with van der Waals surface area (Å²) in [5, 5.41) is 4.97. The smallest absolute Gasteiger partial charge is 0.271 e. The maximum Gasteiger partial charge on any atom is 0.271 e. The van der Waals surface area contributed by atoms with Crippen molar-refractivity contribution in [2.45, 2.75) is 0 Å². The number of carbonyl (C=O) groups is 1. The molecule has 0 unspecified atom stereocenters. The lowest BCUT2D eigenvalue weighted by Gasteiger charge is -2.18. The van der Waals surface area contributed by atoms with Gasteiger partial charge in [-0.25, -0.2) is 4.98 Å². The summed E-state index contributed by atoms with van der Waals surface area (Å²) >= 11 is 7.33. The molecule has 0 aliphatic carbocycles. The summed E-state index contributed by atoms with van der Waals surface area (Å²) in [5.74, 6) is -0.520. The van der Waals surface area contributed by atoms with Crippen LogP contribution >= 0.6 is 22.9 Å². The molecule has 0 spiro atoms. The highest BCUT2D eigenvalue weighted by Crippen LogP contribution is 2.28. The van der Waals surface area contributed by atoms with Gasteiger partial charge in [0, 0.05) is 36.9 Å². The molecule has 23 heavy (non-hydrogen) atoms. The Labute approximate surface area is 141 Å².